The lowest BCUT2D eigenvalue weighted by atomic mass is 10.1. The Morgan fingerprint density at radius 2 is 1.91 bits per heavy atom. The molecule has 0 aliphatic carbocycles. The lowest BCUT2D eigenvalue weighted by Crippen LogP contribution is -2.40. The first-order valence-electron chi connectivity index (χ1n) is 7.91. The van der Waals surface area contributed by atoms with Gasteiger partial charge in [-0.15, -0.1) is 0 Å². The van der Waals surface area contributed by atoms with Crippen LogP contribution in [0, 0.1) is 0 Å². The van der Waals surface area contributed by atoms with Crippen LogP contribution in [0.5, 0.6) is 0 Å². The summed E-state index contributed by atoms with van der Waals surface area (Å²) < 4.78 is 0. The summed E-state index contributed by atoms with van der Waals surface area (Å²) in [6.45, 7) is 0.990. The highest BCUT2D eigenvalue weighted by Gasteiger charge is 2.33. The van der Waals surface area contributed by atoms with E-state index in [2.05, 4.69) is 5.32 Å². The molecule has 1 aliphatic heterocycles. The number of carboxylic acids is 1. The van der Waals surface area contributed by atoms with Crippen LogP contribution in [0.4, 0.5) is 0 Å². The highest BCUT2D eigenvalue weighted by molar-refractivity contribution is 5.87. The number of carboxylic acid groups (broad SMARTS) is 1. The van der Waals surface area contributed by atoms with Crippen molar-refractivity contribution in [3.8, 4) is 0 Å². The van der Waals surface area contributed by atoms with Gasteiger partial charge in [0.1, 0.15) is 6.04 Å². The summed E-state index contributed by atoms with van der Waals surface area (Å²) in [6, 6.07) is 9.10. The number of nitrogens with zero attached hydrogens (tertiary/aromatic N) is 1. The summed E-state index contributed by atoms with van der Waals surface area (Å²) in [5, 5.41) is 11.8. The summed E-state index contributed by atoms with van der Waals surface area (Å²) in [7, 11) is 0. The van der Waals surface area contributed by atoms with E-state index in [9.17, 15) is 14.4 Å². The predicted molar refractivity (Wildman–Crippen MR) is 84.8 cm³/mol. The van der Waals surface area contributed by atoms with Gasteiger partial charge in [-0.2, -0.15) is 0 Å². The molecule has 2 N–H and O–H groups in total. The second-order valence-corrected chi connectivity index (χ2v) is 5.67. The fraction of sp³-hybridized carbons (Fsp3) is 0.471. The second kappa shape index (κ2) is 8.31. The molecule has 1 aliphatic rings. The van der Waals surface area contributed by atoms with Crippen LogP contribution in [-0.4, -0.2) is 46.9 Å². The molecule has 0 radical (unpaired) electrons. The quantitative estimate of drug-likeness (QED) is 0.791. The first-order chi connectivity index (χ1) is 11.1. The SMILES string of the molecule is O=C(CCC(=O)N1CCCC1C(=O)O)NCCc1ccccc1. The van der Waals surface area contributed by atoms with Crippen molar-refractivity contribution in [1.82, 2.24) is 10.2 Å². The van der Waals surface area contributed by atoms with Crippen LogP contribution in [0.25, 0.3) is 0 Å². The van der Waals surface area contributed by atoms with E-state index >= 15 is 0 Å². The number of carbonyl (C=O) groups excluding carboxylic acids is 2. The zero-order chi connectivity index (χ0) is 16.7. The van der Waals surface area contributed by atoms with E-state index in [1.165, 1.54) is 4.90 Å². The van der Waals surface area contributed by atoms with Crippen molar-refractivity contribution < 1.29 is 19.5 Å². The first-order valence-corrected chi connectivity index (χ1v) is 7.91. The highest BCUT2D eigenvalue weighted by atomic mass is 16.4. The van der Waals surface area contributed by atoms with Gasteiger partial charge < -0.3 is 15.3 Å². The van der Waals surface area contributed by atoms with E-state index < -0.39 is 12.0 Å². The van der Waals surface area contributed by atoms with Crippen LogP contribution >= 0.6 is 0 Å². The van der Waals surface area contributed by atoms with Crippen LogP contribution in [0.3, 0.4) is 0 Å². The van der Waals surface area contributed by atoms with Crippen LogP contribution in [0.2, 0.25) is 0 Å². The molecular weight excluding hydrogens is 296 g/mol. The Balaban J connectivity index is 1.67. The standard InChI is InChI=1S/C17H22N2O4/c20-15(18-11-10-13-5-2-1-3-6-13)8-9-16(21)19-12-4-7-14(19)17(22)23/h1-3,5-6,14H,4,7-12H2,(H,18,20)(H,22,23). The van der Waals surface area contributed by atoms with Crippen molar-refractivity contribution in [2.45, 2.75) is 38.1 Å². The van der Waals surface area contributed by atoms with Crippen LogP contribution in [-0.2, 0) is 20.8 Å². The van der Waals surface area contributed by atoms with E-state index in [-0.39, 0.29) is 24.7 Å². The zero-order valence-electron chi connectivity index (χ0n) is 13.0. The van der Waals surface area contributed by atoms with Gasteiger partial charge in [0.25, 0.3) is 0 Å². The molecule has 0 spiro atoms. The molecule has 1 fully saturated rings. The summed E-state index contributed by atoms with van der Waals surface area (Å²) in [5.74, 6) is -1.41. The normalized spacial score (nSPS) is 17.0. The van der Waals surface area contributed by atoms with Crippen LogP contribution in [0.15, 0.2) is 30.3 Å². The summed E-state index contributed by atoms with van der Waals surface area (Å²) in [6.07, 6.45) is 2.08. The molecule has 1 unspecified atom stereocenters. The second-order valence-electron chi connectivity index (χ2n) is 5.67. The molecule has 1 aromatic rings. The molecule has 2 rings (SSSR count). The zero-order valence-corrected chi connectivity index (χ0v) is 13.0. The molecule has 0 aromatic heterocycles. The lowest BCUT2D eigenvalue weighted by molar-refractivity contribution is -0.148. The molecule has 6 heteroatoms. The van der Waals surface area contributed by atoms with E-state index in [1.54, 1.807) is 0 Å². The number of nitrogens with one attached hydrogen (secondary N) is 1. The molecule has 1 heterocycles. The Morgan fingerprint density at radius 3 is 2.61 bits per heavy atom. The minimum Gasteiger partial charge on any atom is -0.480 e. The number of hydrogen-bond donors (Lipinski definition) is 2. The van der Waals surface area contributed by atoms with Crippen molar-refractivity contribution in [3.63, 3.8) is 0 Å². The van der Waals surface area contributed by atoms with Crippen molar-refractivity contribution in [2.75, 3.05) is 13.1 Å². The fourth-order valence-corrected chi connectivity index (χ4v) is 2.77. The number of hydrogen-bond acceptors (Lipinski definition) is 3. The molecule has 0 saturated carbocycles. The molecular formula is C17H22N2O4. The number of benzene rings is 1. The Kier molecular flexibility index (Phi) is 6.14. The average Bonchev–Trinajstić information content (AvgIpc) is 3.03. The van der Waals surface area contributed by atoms with Crippen molar-refractivity contribution in [1.29, 1.82) is 0 Å². The molecule has 6 nitrogen and oxygen atoms in total. The number of aliphatic carboxylic acids is 1. The molecule has 23 heavy (non-hydrogen) atoms. The monoisotopic (exact) mass is 318 g/mol. The van der Waals surface area contributed by atoms with Gasteiger partial charge in [0.05, 0.1) is 0 Å². The Bertz CT molecular complexity index is 559. The number of likely N-dealkylation sites (tertiary alicyclic amines) is 1. The third-order valence-corrected chi connectivity index (χ3v) is 4.00. The van der Waals surface area contributed by atoms with Gasteiger partial charge in [-0.05, 0) is 24.8 Å². The Labute approximate surface area is 135 Å². The largest absolute Gasteiger partial charge is 0.480 e. The van der Waals surface area contributed by atoms with Gasteiger partial charge in [-0.1, -0.05) is 30.3 Å². The Morgan fingerprint density at radius 1 is 1.17 bits per heavy atom. The Hall–Kier alpha value is -2.37. The van der Waals surface area contributed by atoms with E-state index in [1.807, 2.05) is 30.3 Å². The average molecular weight is 318 g/mol. The van der Waals surface area contributed by atoms with Crippen molar-refractivity contribution >= 4 is 17.8 Å². The molecule has 1 saturated heterocycles. The van der Waals surface area contributed by atoms with Crippen molar-refractivity contribution in [2.24, 2.45) is 0 Å². The third kappa shape index (κ3) is 5.09. The molecule has 0 bridgehead atoms. The van der Waals surface area contributed by atoms with E-state index in [0.29, 0.717) is 25.9 Å². The van der Waals surface area contributed by atoms with E-state index in [0.717, 1.165) is 12.0 Å². The van der Waals surface area contributed by atoms with Gasteiger partial charge in [0, 0.05) is 25.9 Å². The smallest absolute Gasteiger partial charge is 0.326 e. The summed E-state index contributed by atoms with van der Waals surface area (Å²) in [4.78, 5) is 36.2. The fourth-order valence-electron chi connectivity index (χ4n) is 2.77. The number of amides is 2. The maximum atomic E-state index is 12.0. The number of rotatable bonds is 7. The number of carbonyl (C=O) groups is 3. The van der Waals surface area contributed by atoms with Crippen LogP contribution < -0.4 is 5.32 Å². The highest BCUT2D eigenvalue weighted by Crippen LogP contribution is 2.18. The third-order valence-electron chi connectivity index (χ3n) is 4.00. The molecule has 1 atom stereocenters. The first kappa shape index (κ1) is 17.0. The molecule has 2 amide bonds. The topological polar surface area (TPSA) is 86.7 Å². The predicted octanol–water partition coefficient (Wildman–Crippen LogP) is 1.20. The van der Waals surface area contributed by atoms with Gasteiger partial charge in [-0.25, -0.2) is 4.79 Å². The van der Waals surface area contributed by atoms with Gasteiger partial charge in [-0.3, -0.25) is 9.59 Å². The maximum Gasteiger partial charge on any atom is 0.326 e. The lowest BCUT2D eigenvalue weighted by Gasteiger charge is -2.21. The summed E-state index contributed by atoms with van der Waals surface area (Å²) >= 11 is 0. The van der Waals surface area contributed by atoms with Crippen LogP contribution in [0.1, 0.15) is 31.2 Å². The van der Waals surface area contributed by atoms with Crippen molar-refractivity contribution in [3.05, 3.63) is 35.9 Å². The van der Waals surface area contributed by atoms with Gasteiger partial charge in [0.2, 0.25) is 11.8 Å². The molecule has 1 aromatic carbocycles. The maximum absolute atomic E-state index is 12.0. The van der Waals surface area contributed by atoms with E-state index in [4.69, 9.17) is 5.11 Å². The minimum atomic E-state index is -0.969. The summed E-state index contributed by atoms with van der Waals surface area (Å²) in [5.41, 5.74) is 1.14. The minimum absolute atomic E-state index is 0.0565. The van der Waals surface area contributed by atoms with Gasteiger partial charge in [0.15, 0.2) is 0 Å². The van der Waals surface area contributed by atoms with Gasteiger partial charge >= 0.3 is 5.97 Å². The molecule has 124 valence electrons.